The fraction of sp³-hybridized carbons (Fsp3) is 0.0204. The lowest BCUT2D eigenvalue weighted by Gasteiger charge is -2.34. The highest BCUT2D eigenvalue weighted by atomic mass is 32.1. The monoisotopic (exact) mass is 665 g/mol. The van der Waals surface area contributed by atoms with Gasteiger partial charge in [-0.15, -0.1) is 11.3 Å². The molecular weight excluding hydrogens is 635 g/mol. The lowest BCUT2D eigenvalue weighted by Crippen LogP contribution is -2.28. The second-order valence-corrected chi connectivity index (χ2v) is 14.7. The summed E-state index contributed by atoms with van der Waals surface area (Å²) in [6.45, 7) is 0. The van der Waals surface area contributed by atoms with E-state index in [1.807, 2.05) is 11.3 Å². The summed E-state index contributed by atoms with van der Waals surface area (Å²) >= 11 is 1.88. The molecule has 2 aromatic heterocycles. The van der Waals surface area contributed by atoms with Crippen LogP contribution in [-0.2, 0) is 5.41 Å². The first kappa shape index (κ1) is 28.6. The van der Waals surface area contributed by atoms with Gasteiger partial charge in [-0.05, 0) is 81.4 Å². The molecule has 0 N–H and O–H groups in total. The Labute approximate surface area is 300 Å². The lowest BCUT2D eigenvalue weighted by molar-refractivity contribution is 0.769. The van der Waals surface area contributed by atoms with E-state index in [9.17, 15) is 0 Å². The van der Waals surface area contributed by atoms with Crippen molar-refractivity contribution < 1.29 is 0 Å². The number of rotatable bonds is 4. The van der Waals surface area contributed by atoms with Crippen LogP contribution in [0.1, 0.15) is 22.3 Å². The van der Waals surface area contributed by atoms with E-state index in [0.717, 1.165) is 5.69 Å². The van der Waals surface area contributed by atoms with Gasteiger partial charge in [0.05, 0.1) is 16.4 Å². The molecule has 1 aliphatic rings. The standard InChI is InChI=1S/C49H31NS/c1-4-16-33(17-5-1)49(34-18-6-2-7-19-34)41-25-13-10-23-37(41)47-42(49)31-39(32-28-29-45-40(30-32)36-22-12-15-27-44(36)51-45)46-38-24-11-14-26-43(38)50(48(46)47)35-20-8-3-9-21-35/h1-31H. The van der Waals surface area contributed by atoms with Gasteiger partial charge in [-0.25, -0.2) is 0 Å². The molecular formula is C49H31NS. The number of fused-ring (bicyclic) bond motifs is 10. The van der Waals surface area contributed by atoms with Gasteiger partial charge in [0.15, 0.2) is 0 Å². The first-order chi connectivity index (χ1) is 25.3. The highest BCUT2D eigenvalue weighted by Crippen LogP contribution is 2.60. The van der Waals surface area contributed by atoms with Crippen LogP contribution in [0.4, 0.5) is 0 Å². The molecule has 10 aromatic rings. The number of nitrogens with zero attached hydrogens (tertiary/aromatic N) is 1. The van der Waals surface area contributed by atoms with Crippen molar-refractivity contribution in [1.82, 2.24) is 4.57 Å². The molecule has 0 spiro atoms. The number of hydrogen-bond donors (Lipinski definition) is 0. The van der Waals surface area contributed by atoms with Gasteiger partial charge in [-0.3, -0.25) is 0 Å². The van der Waals surface area contributed by atoms with Crippen molar-refractivity contribution in [3.63, 3.8) is 0 Å². The molecule has 0 saturated carbocycles. The van der Waals surface area contributed by atoms with Crippen molar-refractivity contribution in [3.8, 4) is 27.9 Å². The Hall–Kier alpha value is -6.22. The van der Waals surface area contributed by atoms with Crippen molar-refractivity contribution >= 4 is 53.3 Å². The fourth-order valence-corrected chi connectivity index (χ4v) is 10.1. The molecule has 0 amide bonds. The maximum absolute atomic E-state index is 2.55. The first-order valence-electron chi connectivity index (χ1n) is 17.6. The van der Waals surface area contributed by atoms with Crippen LogP contribution < -0.4 is 0 Å². The Morgan fingerprint density at radius 3 is 1.80 bits per heavy atom. The van der Waals surface area contributed by atoms with Gasteiger partial charge in [0, 0.05) is 42.2 Å². The molecule has 0 saturated heterocycles. The topological polar surface area (TPSA) is 4.93 Å². The smallest absolute Gasteiger partial charge is 0.0714 e. The molecule has 1 nitrogen and oxygen atoms in total. The Kier molecular flexibility index (Phi) is 6.11. The molecule has 1 aliphatic carbocycles. The maximum Gasteiger partial charge on any atom is 0.0714 e. The van der Waals surface area contributed by atoms with Crippen LogP contribution in [0.2, 0.25) is 0 Å². The Bertz CT molecular complexity index is 2910. The minimum absolute atomic E-state index is 0.519. The minimum atomic E-state index is -0.519. The summed E-state index contributed by atoms with van der Waals surface area (Å²) in [5.74, 6) is 0. The van der Waals surface area contributed by atoms with Gasteiger partial charge < -0.3 is 4.57 Å². The Morgan fingerprint density at radius 1 is 0.431 bits per heavy atom. The third-order valence-corrected chi connectivity index (χ3v) is 12.2. The molecule has 2 heteroatoms. The summed E-state index contributed by atoms with van der Waals surface area (Å²) in [6.07, 6.45) is 0. The zero-order chi connectivity index (χ0) is 33.5. The maximum atomic E-state index is 2.55. The molecule has 0 atom stereocenters. The summed E-state index contributed by atoms with van der Waals surface area (Å²) < 4.78 is 5.17. The zero-order valence-electron chi connectivity index (χ0n) is 27.8. The number of thiophene rings is 1. The highest BCUT2D eigenvalue weighted by Gasteiger charge is 2.47. The second-order valence-electron chi connectivity index (χ2n) is 13.6. The largest absolute Gasteiger partial charge is 0.309 e. The molecule has 238 valence electrons. The van der Waals surface area contributed by atoms with Crippen LogP contribution in [-0.4, -0.2) is 4.57 Å². The van der Waals surface area contributed by atoms with E-state index in [1.165, 1.54) is 86.5 Å². The predicted molar refractivity (Wildman–Crippen MR) is 216 cm³/mol. The molecule has 0 bridgehead atoms. The SMILES string of the molecule is c1ccc(-n2c3ccccc3c3c(-c4ccc5sc6ccccc6c5c4)cc4c(c32)-c2ccccc2C4(c2ccccc2)c2ccccc2)cc1. The summed E-state index contributed by atoms with van der Waals surface area (Å²) in [5, 5.41) is 5.19. The molecule has 0 aliphatic heterocycles. The van der Waals surface area contributed by atoms with Crippen molar-refractivity contribution in [2.75, 3.05) is 0 Å². The van der Waals surface area contributed by atoms with Gasteiger partial charge in [-0.1, -0.05) is 146 Å². The van der Waals surface area contributed by atoms with E-state index in [0.29, 0.717) is 0 Å². The fourth-order valence-electron chi connectivity index (χ4n) is 9.04. The van der Waals surface area contributed by atoms with Crippen LogP contribution in [0.25, 0.3) is 69.9 Å². The van der Waals surface area contributed by atoms with E-state index in [2.05, 4.69) is 193 Å². The normalized spacial score (nSPS) is 13.3. The van der Waals surface area contributed by atoms with Crippen LogP contribution in [0.5, 0.6) is 0 Å². The van der Waals surface area contributed by atoms with E-state index in [-0.39, 0.29) is 0 Å². The molecule has 11 rings (SSSR count). The average Bonchev–Trinajstić information content (AvgIpc) is 3.85. The number of para-hydroxylation sites is 2. The molecule has 0 fully saturated rings. The van der Waals surface area contributed by atoms with Crippen LogP contribution in [0.3, 0.4) is 0 Å². The zero-order valence-corrected chi connectivity index (χ0v) is 28.6. The van der Waals surface area contributed by atoms with Gasteiger partial charge in [0.1, 0.15) is 0 Å². The average molecular weight is 666 g/mol. The van der Waals surface area contributed by atoms with Gasteiger partial charge in [0.25, 0.3) is 0 Å². The van der Waals surface area contributed by atoms with Crippen molar-refractivity contribution in [1.29, 1.82) is 0 Å². The molecule has 2 heterocycles. The molecule has 0 unspecified atom stereocenters. The van der Waals surface area contributed by atoms with Gasteiger partial charge in [0.2, 0.25) is 0 Å². The first-order valence-corrected chi connectivity index (χ1v) is 18.4. The Morgan fingerprint density at radius 2 is 1.04 bits per heavy atom. The van der Waals surface area contributed by atoms with E-state index < -0.39 is 5.41 Å². The third-order valence-electron chi connectivity index (χ3n) is 11.1. The third kappa shape index (κ3) is 3.91. The second kappa shape index (κ2) is 10.9. The molecule has 8 aromatic carbocycles. The molecule has 0 radical (unpaired) electrons. The summed E-state index contributed by atoms with van der Waals surface area (Å²) in [7, 11) is 0. The summed E-state index contributed by atoms with van der Waals surface area (Å²) in [6, 6.07) is 69.8. The lowest BCUT2D eigenvalue weighted by atomic mass is 9.67. The van der Waals surface area contributed by atoms with E-state index >= 15 is 0 Å². The van der Waals surface area contributed by atoms with Crippen LogP contribution >= 0.6 is 11.3 Å². The van der Waals surface area contributed by atoms with Crippen LogP contribution in [0.15, 0.2) is 188 Å². The number of benzene rings is 8. The van der Waals surface area contributed by atoms with Gasteiger partial charge >= 0.3 is 0 Å². The van der Waals surface area contributed by atoms with E-state index in [1.54, 1.807) is 0 Å². The highest BCUT2D eigenvalue weighted by molar-refractivity contribution is 7.25. The van der Waals surface area contributed by atoms with Crippen molar-refractivity contribution in [3.05, 3.63) is 210 Å². The predicted octanol–water partition coefficient (Wildman–Crippen LogP) is 13.2. The van der Waals surface area contributed by atoms with Crippen molar-refractivity contribution in [2.24, 2.45) is 0 Å². The number of aromatic nitrogens is 1. The quantitative estimate of drug-likeness (QED) is 0.176. The van der Waals surface area contributed by atoms with Crippen LogP contribution in [0, 0.1) is 0 Å². The van der Waals surface area contributed by atoms with Crippen molar-refractivity contribution in [2.45, 2.75) is 5.41 Å². The van der Waals surface area contributed by atoms with E-state index in [4.69, 9.17) is 0 Å². The van der Waals surface area contributed by atoms with Gasteiger partial charge in [-0.2, -0.15) is 0 Å². The minimum Gasteiger partial charge on any atom is -0.309 e. The number of hydrogen-bond acceptors (Lipinski definition) is 1. The molecule has 51 heavy (non-hydrogen) atoms. The Balaban J connectivity index is 1.39. The summed E-state index contributed by atoms with van der Waals surface area (Å²) in [4.78, 5) is 0. The summed E-state index contributed by atoms with van der Waals surface area (Å²) in [5.41, 5.74) is 13.4.